The maximum atomic E-state index is 12.6. The molecular weight excluding hydrogens is 348 g/mol. The van der Waals surface area contributed by atoms with Gasteiger partial charge >= 0.3 is 6.09 Å². The first kappa shape index (κ1) is 17.5. The fourth-order valence-electron chi connectivity index (χ4n) is 3.40. The minimum Gasteiger partial charge on any atom is -0.618 e. The van der Waals surface area contributed by atoms with Crippen LogP contribution in [0.25, 0.3) is 21.9 Å². The van der Waals surface area contributed by atoms with Crippen molar-refractivity contribution in [1.82, 2.24) is 14.5 Å². The van der Waals surface area contributed by atoms with Crippen LogP contribution in [0.3, 0.4) is 0 Å². The molecule has 8 heteroatoms. The predicted molar refractivity (Wildman–Crippen MR) is 98.9 cm³/mol. The molecule has 1 aromatic carbocycles. The molecule has 1 amide bonds. The van der Waals surface area contributed by atoms with Gasteiger partial charge in [0, 0.05) is 13.1 Å². The molecule has 0 aliphatic carbocycles. The summed E-state index contributed by atoms with van der Waals surface area (Å²) in [4.78, 5) is 18.7. The van der Waals surface area contributed by atoms with Crippen molar-refractivity contribution < 1.29 is 19.0 Å². The molecule has 0 bridgehead atoms. The summed E-state index contributed by atoms with van der Waals surface area (Å²) >= 11 is 0. The Morgan fingerprint density at radius 2 is 2.15 bits per heavy atom. The molecule has 8 nitrogen and oxygen atoms in total. The number of carbonyl (C=O) groups excluding carboxylic acids is 1. The van der Waals surface area contributed by atoms with Crippen LogP contribution in [0.4, 0.5) is 4.79 Å². The van der Waals surface area contributed by atoms with Crippen LogP contribution in [0.5, 0.6) is 0 Å². The van der Waals surface area contributed by atoms with E-state index in [0.717, 1.165) is 15.6 Å². The molecular formula is C19H22N4O4. The Bertz CT molecular complexity index is 1040. The number of nitrogens with zero attached hydrogens (tertiary/aromatic N) is 4. The minimum atomic E-state index is -0.596. The van der Waals surface area contributed by atoms with E-state index in [1.165, 1.54) is 11.1 Å². The summed E-state index contributed by atoms with van der Waals surface area (Å²) in [5.41, 5.74) is 1.35. The zero-order chi connectivity index (χ0) is 19.3. The highest BCUT2D eigenvalue weighted by Gasteiger charge is 2.33. The lowest BCUT2D eigenvalue weighted by molar-refractivity contribution is -0.575. The number of rotatable bonds is 1. The van der Waals surface area contributed by atoms with Gasteiger partial charge in [0.1, 0.15) is 24.2 Å². The van der Waals surface area contributed by atoms with Crippen LogP contribution in [0.2, 0.25) is 0 Å². The maximum Gasteiger partial charge on any atom is 0.411 e. The van der Waals surface area contributed by atoms with E-state index in [9.17, 15) is 10.0 Å². The van der Waals surface area contributed by atoms with Gasteiger partial charge in [-0.15, -0.1) is 0 Å². The molecule has 0 fully saturated rings. The lowest BCUT2D eigenvalue weighted by atomic mass is 10.2. The number of fused-ring (bicyclic) bond motifs is 5. The van der Waals surface area contributed by atoms with Crippen molar-refractivity contribution in [2.24, 2.45) is 0 Å². The van der Waals surface area contributed by atoms with Gasteiger partial charge in [-0.3, -0.25) is 4.90 Å². The van der Waals surface area contributed by atoms with Gasteiger partial charge in [-0.05, 0) is 26.8 Å². The number of imidazole rings is 1. The molecule has 0 saturated heterocycles. The van der Waals surface area contributed by atoms with Crippen molar-refractivity contribution in [3.8, 4) is 0 Å². The lowest BCUT2D eigenvalue weighted by Gasteiger charge is -2.34. The van der Waals surface area contributed by atoms with Gasteiger partial charge in [-0.25, -0.2) is 9.78 Å². The summed E-state index contributed by atoms with van der Waals surface area (Å²) in [5, 5.41) is 13.1. The molecule has 0 saturated carbocycles. The minimum absolute atomic E-state index is 0.314. The molecule has 3 heterocycles. The van der Waals surface area contributed by atoms with Crippen molar-refractivity contribution in [2.45, 2.75) is 39.1 Å². The molecule has 3 aromatic rings. The van der Waals surface area contributed by atoms with Gasteiger partial charge in [0.05, 0.1) is 17.5 Å². The van der Waals surface area contributed by atoms with Crippen LogP contribution in [0.1, 0.15) is 32.8 Å². The van der Waals surface area contributed by atoms with E-state index >= 15 is 0 Å². The molecule has 1 atom stereocenters. The van der Waals surface area contributed by atoms with E-state index < -0.39 is 17.9 Å². The fraction of sp³-hybridized carbons (Fsp3) is 0.421. The second kappa shape index (κ2) is 6.09. The van der Waals surface area contributed by atoms with Crippen LogP contribution < -0.4 is 4.73 Å². The quantitative estimate of drug-likeness (QED) is 0.486. The SMILES string of the molecule is CN(C(=O)OC(C)(C)C)[C@H]1COCc2nc3c[n+]([O-])c4ccccc4c3n21. The van der Waals surface area contributed by atoms with Gasteiger partial charge in [0.25, 0.3) is 0 Å². The monoisotopic (exact) mass is 370 g/mol. The highest BCUT2D eigenvalue weighted by molar-refractivity contribution is 6.00. The Hall–Kier alpha value is -2.87. The Kier molecular flexibility index (Phi) is 3.96. The van der Waals surface area contributed by atoms with E-state index in [2.05, 4.69) is 4.98 Å². The molecule has 27 heavy (non-hydrogen) atoms. The molecule has 1 aliphatic heterocycles. The third-order valence-electron chi connectivity index (χ3n) is 4.57. The topological polar surface area (TPSA) is 83.5 Å². The van der Waals surface area contributed by atoms with Crippen LogP contribution in [-0.2, 0) is 16.1 Å². The number of likely N-dealkylation sites (N-methyl/N-ethyl adjacent to an activating group) is 1. The highest BCUT2D eigenvalue weighted by Crippen LogP contribution is 2.31. The Labute approximate surface area is 156 Å². The number of hydrogen-bond acceptors (Lipinski definition) is 5. The van der Waals surface area contributed by atoms with Gasteiger partial charge in [-0.2, -0.15) is 4.73 Å². The van der Waals surface area contributed by atoms with E-state index in [4.69, 9.17) is 9.47 Å². The first-order valence-corrected chi connectivity index (χ1v) is 8.81. The van der Waals surface area contributed by atoms with Crippen LogP contribution in [0, 0.1) is 5.21 Å². The predicted octanol–water partition coefficient (Wildman–Crippen LogP) is 2.72. The van der Waals surface area contributed by atoms with Crippen LogP contribution in [-0.4, -0.2) is 39.8 Å². The summed E-state index contributed by atoms with van der Waals surface area (Å²) in [6, 6.07) is 7.37. The van der Waals surface area contributed by atoms with Crippen molar-refractivity contribution in [1.29, 1.82) is 0 Å². The van der Waals surface area contributed by atoms with Gasteiger partial charge in [0.15, 0.2) is 5.52 Å². The van der Waals surface area contributed by atoms with Crippen molar-refractivity contribution >= 4 is 28.0 Å². The molecule has 142 valence electrons. The first-order chi connectivity index (χ1) is 12.8. The summed E-state index contributed by atoms with van der Waals surface area (Å²) in [6.45, 7) is 6.12. The number of benzene rings is 1. The summed E-state index contributed by atoms with van der Waals surface area (Å²) in [5.74, 6) is 0.674. The zero-order valence-corrected chi connectivity index (χ0v) is 15.8. The van der Waals surface area contributed by atoms with Crippen LogP contribution >= 0.6 is 0 Å². The van der Waals surface area contributed by atoms with Crippen LogP contribution in [0.15, 0.2) is 30.5 Å². The molecule has 0 N–H and O–H groups in total. The number of pyridine rings is 1. The zero-order valence-electron chi connectivity index (χ0n) is 15.8. The normalized spacial score (nSPS) is 17.1. The van der Waals surface area contributed by atoms with E-state index in [1.54, 1.807) is 13.1 Å². The van der Waals surface area contributed by atoms with Gasteiger partial charge < -0.3 is 19.2 Å². The molecule has 2 aromatic heterocycles. The Morgan fingerprint density at radius 1 is 1.41 bits per heavy atom. The van der Waals surface area contributed by atoms with Gasteiger partial charge in [-0.1, -0.05) is 12.1 Å². The fourth-order valence-corrected chi connectivity index (χ4v) is 3.40. The third kappa shape index (κ3) is 2.95. The average molecular weight is 370 g/mol. The molecule has 0 spiro atoms. The van der Waals surface area contributed by atoms with E-state index in [1.807, 2.05) is 43.5 Å². The van der Waals surface area contributed by atoms with E-state index in [-0.39, 0.29) is 0 Å². The standard InChI is InChI=1S/C19H22N4O4/c1-19(2,3)27-18(24)21(4)16-11-26-10-15-20-13-9-22(25)14-8-6-5-7-12(14)17(13)23(15)16/h5-9,16H,10-11H2,1-4H3/t16-/m1/s1. The number of carbonyl (C=O) groups is 1. The van der Waals surface area contributed by atoms with Gasteiger partial charge in [0.2, 0.25) is 11.7 Å². The number of amides is 1. The largest absolute Gasteiger partial charge is 0.618 e. The van der Waals surface area contributed by atoms with Crippen molar-refractivity contribution in [2.75, 3.05) is 13.7 Å². The Balaban J connectivity index is 1.88. The third-order valence-corrected chi connectivity index (χ3v) is 4.57. The summed E-state index contributed by atoms with van der Waals surface area (Å²) < 4.78 is 14.0. The first-order valence-electron chi connectivity index (χ1n) is 8.81. The Morgan fingerprint density at radius 3 is 2.89 bits per heavy atom. The maximum absolute atomic E-state index is 12.6. The number of aromatic nitrogens is 3. The molecule has 0 radical (unpaired) electrons. The van der Waals surface area contributed by atoms with Crippen molar-refractivity contribution in [3.63, 3.8) is 0 Å². The summed E-state index contributed by atoms with van der Waals surface area (Å²) in [7, 11) is 1.68. The molecule has 4 rings (SSSR count). The highest BCUT2D eigenvalue weighted by atomic mass is 16.6. The average Bonchev–Trinajstić information content (AvgIpc) is 2.98. The van der Waals surface area contributed by atoms with E-state index in [0.29, 0.717) is 30.1 Å². The second-order valence-electron chi connectivity index (χ2n) is 7.69. The van der Waals surface area contributed by atoms with Crippen molar-refractivity contribution in [3.05, 3.63) is 41.5 Å². The molecule has 1 aliphatic rings. The lowest BCUT2D eigenvalue weighted by Crippen LogP contribution is -2.42. The number of para-hydroxylation sites is 1. The smallest absolute Gasteiger partial charge is 0.411 e. The summed E-state index contributed by atoms with van der Waals surface area (Å²) in [6.07, 6.45) is 0.609. The molecule has 0 unspecified atom stereocenters. The number of hydrogen-bond donors (Lipinski definition) is 0. The second-order valence-corrected chi connectivity index (χ2v) is 7.69. The number of ether oxygens (including phenoxy) is 2.